The van der Waals surface area contributed by atoms with Crippen molar-refractivity contribution in [3.63, 3.8) is 0 Å². The van der Waals surface area contributed by atoms with Crippen LogP contribution < -0.4 is 0 Å². The minimum atomic E-state index is -3.60. The second-order valence-corrected chi connectivity index (χ2v) is 7.69. The van der Waals surface area contributed by atoms with Crippen LogP contribution in [-0.2, 0) is 16.6 Å². The van der Waals surface area contributed by atoms with Crippen LogP contribution in [0.15, 0.2) is 51.8 Å². The van der Waals surface area contributed by atoms with E-state index in [-0.39, 0.29) is 17.3 Å². The fourth-order valence-electron chi connectivity index (χ4n) is 1.91. The smallest absolute Gasteiger partial charge is 0.207 e. The van der Waals surface area contributed by atoms with Crippen LogP contribution in [0.1, 0.15) is 11.1 Å². The van der Waals surface area contributed by atoms with E-state index in [1.165, 1.54) is 23.5 Å². The highest BCUT2D eigenvalue weighted by Crippen LogP contribution is 2.26. The van der Waals surface area contributed by atoms with Gasteiger partial charge in [-0.15, -0.1) is 0 Å². The van der Waals surface area contributed by atoms with E-state index in [0.717, 1.165) is 11.1 Å². The Bertz CT molecular complexity index is 745. The van der Waals surface area contributed by atoms with Crippen LogP contribution in [0.4, 0.5) is 4.39 Å². The zero-order valence-corrected chi connectivity index (χ0v) is 14.1. The monoisotopic (exact) mass is 371 g/mol. The average molecular weight is 372 g/mol. The van der Waals surface area contributed by atoms with Crippen LogP contribution in [-0.4, -0.2) is 19.8 Å². The Morgan fingerprint density at radius 3 is 2.33 bits per heavy atom. The highest BCUT2D eigenvalue weighted by Gasteiger charge is 2.23. The second kappa shape index (κ2) is 6.25. The highest BCUT2D eigenvalue weighted by molar-refractivity contribution is 9.10. The minimum absolute atomic E-state index is 0.183. The van der Waals surface area contributed by atoms with Gasteiger partial charge in [0.05, 0.1) is 4.90 Å². The zero-order valence-electron chi connectivity index (χ0n) is 11.7. The van der Waals surface area contributed by atoms with Gasteiger partial charge >= 0.3 is 0 Å². The molecule has 0 radical (unpaired) electrons. The van der Waals surface area contributed by atoms with Crippen LogP contribution in [0.2, 0.25) is 0 Å². The maximum absolute atomic E-state index is 12.9. The number of hydrogen-bond acceptors (Lipinski definition) is 2. The van der Waals surface area contributed by atoms with Crippen LogP contribution in [0.5, 0.6) is 0 Å². The third-order valence-electron chi connectivity index (χ3n) is 3.09. The molecule has 0 atom stereocenters. The lowest BCUT2D eigenvalue weighted by atomic mass is 10.2. The average Bonchev–Trinajstić information content (AvgIpc) is 2.40. The molecule has 0 spiro atoms. The molecule has 0 aliphatic rings. The first kappa shape index (κ1) is 16.1. The van der Waals surface area contributed by atoms with Crippen molar-refractivity contribution in [1.29, 1.82) is 0 Å². The van der Waals surface area contributed by atoms with Crippen molar-refractivity contribution in [1.82, 2.24) is 4.31 Å². The Balaban J connectivity index is 2.28. The standard InChI is InChI=1S/C15H15BrFNO2S/c1-11-3-8-15(14(16)9-11)21(19,20)18(2)10-12-4-6-13(17)7-5-12/h3-9H,10H2,1-2H3. The van der Waals surface area contributed by atoms with Crippen LogP contribution in [0, 0.1) is 12.7 Å². The lowest BCUT2D eigenvalue weighted by Crippen LogP contribution is -2.26. The predicted molar refractivity (Wildman–Crippen MR) is 83.9 cm³/mol. The van der Waals surface area contributed by atoms with Crippen molar-refractivity contribution >= 4 is 26.0 Å². The summed E-state index contributed by atoms with van der Waals surface area (Å²) < 4.78 is 39.8. The topological polar surface area (TPSA) is 37.4 Å². The van der Waals surface area contributed by atoms with E-state index in [1.54, 1.807) is 30.3 Å². The summed E-state index contributed by atoms with van der Waals surface area (Å²) in [5, 5.41) is 0. The summed E-state index contributed by atoms with van der Waals surface area (Å²) in [7, 11) is -2.10. The number of aryl methyl sites for hydroxylation is 1. The van der Waals surface area contributed by atoms with E-state index >= 15 is 0 Å². The largest absolute Gasteiger partial charge is 0.244 e. The molecule has 0 aliphatic heterocycles. The van der Waals surface area contributed by atoms with Crippen LogP contribution >= 0.6 is 15.9 Å². The first-order chi connectivity index (χ1) is 9.80. The van der Waals surface area contributed by atoms with Gasteiger partial charge in [0, 0.05) is 18.1 Å². The quantitative estimate of drug-likeness (QED) is 0.821. The molecule has 0 bridgehead atoms. The fourth-order valence-corrected chi connectivity index (χ4v) is 4.22. The summed E-state index contributed by atoms with van der Waals surface area (Å²) in [6, 6.07) is 10.9. The molecule has 21 heavy (non-hydrogen) atoms. The molecule has 0 saturated carbocycles. The maximum Gasteiger partial charge on any atom is 0.244 e. The first-order valence-electron chi connectivity index (χ1n) is 6.27. The van der Waals surface area contributed by atoms with Gasteiger partial charge in [-0.05, 0) is 58.2 Å². The molecular weight excluding hydrogens is 357 g/mol. The number of hydrogen-bond donors (Lipinski definition) is 0. The summed E-state index contributed by atoms with van der Waals surface area (Å²) in [6.45, 7) is 2.08. The molecular formula is C15H15BrFNO2S. The predicted octanol–water partition coefficient (Wildman–Crippen LogP) is 3.72. The van der Waals surface area contributed by atoms with Gasteiger partial charge in [-0.1, -0.05) is 18.2 Å². The lowest BCUT2D eigenvalue weighted by Gasteiger charge is -2.18. The Hall–Kier alpha value is -1.24. The van der Waals surface area contributed by atoms with E-state index in [1.807, 2.05) is 6.92 Å². The fraction of sp³-hybridized carbons (Fsp3) is 0.200. The van der Waals surface area contributed by atoms with Gasteiger partial charge in [0.2, 0.25) is 10.0 Å². The SMILES string of the molecule is Cc1ccc(S(=O)(=O)N(C)Cc2ccc(F)cc2)c(Br)c1. The Morgan fingerprint density at radius 1 is 1.14 bits per heavy atom. The summed E-state index contributed by atoms with van der Waals surface area (Å²) in [5.74, 6) is -0.342. The zero-order chi connectivity index (χ0) is 15.6. The molecule has 2 aromatic carbocycles. The Labute approximate surface area is 132 Å². The molecule has 0 aliphatic carbocycles. The van der Waals surface area contributed by atoms with Gasteiger partial charge in [-0.25, -0.2) is 12.8 Å². The maximum atomic E-state index is 12.9. The molecule has 0 fully saturated rings. The molecule has 0 N–H and O–H groups in total. The van der Waals surface area contributed by atoms with E-state index in [0.29, 0.717) is 4.47 Å². The third kappa shape index (κ3) is 3.70. The molecule has 0 aromatic heterocycles. The van der Waals surface area contributed by atoms with Crippen molar-refractivity contribution in [3.8, 4) is 0 Å². The molecule has 6 heteroatoms. The first-order valence-corrected chi connectivity index (χ1v) is 8.51. The summed E-state index contributed by atoms with van der Waals surface area (Å²) in [5.41, 5.74) is 1.70. The minimum Gasteiger partial charge on any atom is -0.207 e. The number of benzene rings is 2. The Kier molecular flexibility index (Phi) is 4.81. The van der Waals surface area contributed by atoms with Crippen molar-refractivity contribution in [2.45, 2.75) is 18.4 Å². The Morgan fingerprint density at radius 2 is 1.76 bits per heavy atom. The van der Waals surface area contributed by atoms with Crippen molar-refractivity contribution < 1.29 is 12.8 Å². The summed E-state index contributed by atoms with van der Waals surface area (Å²) in [6.07, 6.45) is 0. The number of nitrogens with zero attached hydrogens (tertiary/aromatic N) is 1. The molecule has 2 rings (SSSR count). The molecule has 0 heterocycles. The van der Waals surface area contributed by atoms with Crippen LogP contribution in [0.3, 0.4) is 0 Å². The molecule has 0 amide bonds. The third-order valence-corrected chi connectivity index (χ3v) is 5.87. The van der Waals surface area contributed by atoms with E-state index < -0.39 is 10.0 Å². The highest BCUT2D eigenvalue weighted by atomic mass is 79.9. The van der Waals surface area contributed by atoms with E-state index in [2.05, 4.69) is 15.9 Å². The molecule has 112 valence electrons. The lowest BCUT2D eigenvalue weighted by molar-refractivity contribution is 0.466. The van der Waals surface area contributed by atoms with Gasteiger partial charge in [0.15, 0.2) is 0 Å². The van der Waals surface area contributed by atoms with Crippen molar-refractivity contribution in [2.24, 2.45) is 0 Å². The van der Waals surface area contributed by atoms with Crippen LogP contribution in [0.25, 0.3) is 0 Å². The van der Waals surface area contributed by atoms with Gasteiger partial charge in [-0.2, -0.15) is 4.31 Å². The number of halogens is 2. The van der Waals surface area contributed by atoms with Gasteiger partial charge in [0.1, 0.15) is 5.82 Å². The number of sulfonamides is 1. The normalized spacial score (nSPS) is 11.9. The molecule has 2 aromatic rings. The number of rotatable bonds is 4. The molecule has 3 nitrogen and oxygen atoms in total. The summed E-state index contributed by atoms with van der Waals surface area (Å²) >= 11 is 3.29. The molecule has 0 unspecified atom stereocenters. The van der Waals surface area contributed by atoms with Gasteiger partial charge in [0.25, 0.3) is 0 Å². The van der Waals surface area contributed by atoms with Crippen molar-refractivity contribution in [3.05, 3.63) is 63.9 Å². The van der Waals surface area contributed by atoms with E-state index in [4.69, 9.17) is 0 Å². The van der Waals surface area contributed by atoms with E-state index in [9.17, 15) is 12.8 Å². The molecule has 0 saturated heterocycles. The van der Waals surface area contributed by atoms with Gasteiger partial charge in [-0.3, -0.25) is 0 Å². The second-order valence-electron chi connectivity index (χ2n) is 4.82. The van der Waals surface area contributed by atoms with Gasteiger partial charge < -0.3 is 0 Å². The summed E-state index contributed by atoms with van der Waals surface area (Å²) in [4.78, 5) is 0.220. The van der Waals surface area contributed by atoms with Crippen molar-refractivity contribution in [2.75, 3.05) is 7.05 Å².